The van der Waals surface area contributed by atoms with Crippen molar-refractivity contribution in [3.63, 3.8) is 0 Å². The molecule has 1 aromatic carbocycles. The van der Waals surface area contributed by atoms with Gasteiger partial charge >= 0.3 is 0 Å². The van der Waals surface area contributed by atoms with Crippen LogP contribution in [-0.2, 0) is 11.2 Å². The number of hydrogen-bond acceptors (Lipinski definition) is 4. The third-order valence-electron chi connectivity index (χ3n) is 4.49. The fourth-order valence-corrected chi connectivity index (χ4v) is 2.89. The predicted octanol–water partition coefficient (Wildman–Crippen LogP) is 2.42. The lowest BCUT2D eigenvalue weighted by atomic mass is 9.75. The van der Waals surface area contributed by atoms with Gasteiger partial charge in [-0.1, -0.05) is 12.1 Å². The Morgan fingerprint density at radius 3 is 2.40 bits per heavy atom. The minimum Gasteiger partial charge on any atom is -0.497 e. The van der Waals surface area contributed by atoms with E-state index in [0.717, 1.165) is 37.9 Å². The van der Waals surface area contributed by atoms with Crippen molar-refractivity contribution >= 4 is 0 Å². The van der Waals surface area contributed by atoms with Crippen LogP contribution < -0.4 is 16.0 Å². The van der Waals surface area contributed by atoms with Crippen LogP contribution >= 0.6 is 0 Å². The first-order valence-corrected chi connectivity index (χ1v) is 7.35. The molecule has 0 amide bonds. The molecule has 1 fully saturated rings. The van der Waals surface area contributed by atoms with E-state index in [1.807, 2.05) is 19.2 Å². The SMILES string of the molecule is COc1ccc(CCC(CC2(OC)CCC2)NN)cc1. The smallest absolute Gasteiger partial charge is 0.118 e. The van der Waals surface area contributed by atoms with Crippen LogP contribution in [0.4, 0.5) is 0 Å². The number of aryl methyl sites for hydroxylation is 1. The first kappa shape index (κ1) is 15.3. The van der Waals surface area contributed by atoms with Crippen molar-refractivity contribution in [1.29, 1.82) is 0 Å². The van der Waals surface area contributed by atoms with E-state index in [0.29, 0.717) is 6.04 Å². The van der Waals surface area contributed by atoms with E-state index in [2.05, 4.69) is 17.6 Å². The number of benzene rings is 1. The number of methoxy groups -OCH3 is 2. The van der Waals surface area contributed by atoms with Crippen molar-refractivity contribution < 1.29 is 9.47 Å². The van der Waals surface area contributed by atoms with Crippen molar-refractivity contribution in [3.8, 4) is 5.75 Å². The Kier molecular flexibility index (Phi) is 5.40. The minimum atomic E-state index is 0.0664. The average molecular weight is 278 g/mol. The summed E-state index contributed by atoms with van der Waals surface area (Å²) in [6.45, 7) is 0. The standard InChI is InChI=1S/C16H26N2O2/c1-19-15-8-5-13(6-9-15)4-7-14(18-17)12-16(20-2)10-3-11-16/h5-6,8-9,14,18H,3-4,7,10-12,17H2,1-2H3. The molecule has 0 radical (unpaired) electrons. The topological polar surface area (TPSA) is 56.5 Å². The zero-order valence-electron chi connectivity index (χ0n) is 12.5. The molecule has 1 unspecified atom stereocenters. The molecule has 1 aliphatic rings. The molecular formula is C16H26N2O2. The first-order valence-electron chi connectivity index (χ1n) is 7.35. The molecule has 0 spiro atoms. The molecule has 1 aliphatic carbocycles. The monoisotopic (exact) mass is 278 g/mol. The molecule has 112 valence electrons. The summed E-state index contributed by atoms with van der Waals surface area (Å²) in [5.74, 6) is 6.60. The Hall–Kier alpha value is -1.10. The largest absolute Gasteiger partial charge is 0.497 e. The zero-order chi connectivity index (χ0) is 14.4. The second-order valence-corrected chi connectivity index (χ2v) is 5.70. The van der Waals surface area contributed by atoms with E-state index in [-0.39, 0.29) is 5.60 Å². The summed E-state index contributed by atoms with van der Waals surface area (Å²) in [6, 6.07) is 8.53. The van der Waals surface area contributed by atoms with Crippen LogP contribution in [0.5, 0.6) is 5.75 Å². The molecule has 4 heteroatoms. The highest BCUT2D eigenvalue weighted by Gasteiger charge is 2.38. The van der Waals surface area contributed by atoms with Crippen LogP contribution in [0, 0.1) is 0 Å². The average Bonchev–Trinajstić information content (AvgIpc) is 2.46. The first-order chi connectivity index (χ1) is 9.71. The van der Waals surface area contributed by atoms with Gasteiger partial charge in [-0.3, -0.25) is 11.3 Å². The molecule has 2 rings (SSSR count). The van der Waals surface area contributed by atoms with Gasteiger partial charge in [-0.05, 0) is 56.2 Å². The minimum absolute atomic E-state index is 0.0664. The summed E-state index contributed by atoms with van der Waals surface area (Å²) in [4.78, 5) is 0. The highest BCUT2D eigenvalue weighted by Crippen LogP contribution is 2.39. The molecular weight excluding hydrogens is 252 g/mol. The van der Waals surface area contributed by atoms with Crippen LogP contribution in [-0.4, -0.2) is 25.9 Å². The number of nitrogens with one attached hydrogen (secondary N) is 1. The fourth-order valence-electron chi connectivity index (χ4n) is 2.89. The van der Waals surface area contributed by atoms with E-state index in [1.54, 1.807) is 7.11 Å². The van der Waals surface area contributed by atoms with Crippen LogP contribution in [0.1, 0.15) is 37.7 Å². The summed E-state index contributed by atoms with van der Waals surface area (Å²) < 4.78 is 10.8. The number of nitrogens with two attached hydrogens (primary N) is 1. The third kappa shape index (κ3) is 3.72. The quantitative estimate of drug-likeness (QED) is 0.566. The van der Waals surface area contributed by atoms with Crippen LogP contribution in [0.3, 0.4) is 0 Å². The van der Waals surface area contributed by atoms with Crippen molar-refractivity contribution in [2.45, 2.75) is 50.2 Å². The zero-order valence-corrected chi connectivity index (χ0v) is 12.5. The summed E-state index contributed by atoms with van der Waals surface area (Å²) in [6.07, 6.45) is 6.61. The molecule has 1 atom stereocenters. The summed E-state index contributed by atoms with van der Waals surface area (Å²) in [5.41, 5.74) is 4.33. The summed E-state index contributed by atoms with van der Waals surface area (Å²) in [7, 11) is 3.50. The lowest BCUT2D eigenvalue weighted by molar-refractivity contribution is -0.0838. The maximum Gasteiger partial charge on any atom is 0.118 e. The lowest BCUT2D eigenvalue weighted by Crippen LogP contribution is -2.47. The molecule has 3 N–H and O–H groups in total. The van der Waals surface area contributed by atoms with Gasteiger partial charge in [0.05, 0.1) is 12.7 Å². The van der Waals surface area contributed by atoms with Crippen molar-refractivity contribution in [2.75, 3.05) is 14.2 Å². The van der Waals surface area contributed by atoms with Crippen molar-refractivity contribution in [1.82, 2.24) is 5.43 Å². The number of hydrazine groups is 1. The van der Waals surface area contributed by atoms with E-state index in [1.165, 1.54) is 12.0 Å². The van der Waals surface area contributed by atoms with E-state index < -0.39 is 0 Å². The number of hydrogen-bond donors (Lipinski definition) is 2. The normalized spacial score (nSPS) is 18.4. The maximum absolute atomic E-state index is 5.70. The molecule has 20 heavy (non-hydrogen) atoms. The van der Waals surface area contributed by atoms with Crippen LogP contribution in [0.2, 0.25) is 0 Å². The van der Waals surface area contributed by atoms with Gasteiger partial charge in [-0.15, -0.1) is 0 Å². The second-order valence-electron chi connectivity index (χ2n) is 5.70. The van der Waals surface area contributed by atoms with Crippen molar-refractivity contribution in [3.05, 3.63) is 29.8 Å². The fraction of sp³-hybridized carbons (Fsp3) is 0.625. The van der Waals surface area contributed by atoms with Gasteiger partial charge in [0.15, 0.2) is 0 Å². The molecule has 0 heterocycles. The Morgan fingerprint density at radius 1 is 1.25 bits per heavy atom. The van der Waals surface area contributed by atoms with E-state index >= 15 is 0 Å². The molecule has 0 aromatic heterocycles. The molecule has 0 saturated heterocycles. The molecule has 0 aliphatic heterocycles. The molecule has 1 aromatic rings. The van der Waals surface area contributed by atoms with Crippen LogP contribution in [0.25, 0.3) is 0 Å². The second kappa shape index (κ2) is 7.07. The van der Waals surface area contributed by atoms with Gasteiger partial charge in [0.2, 0.25) is 0 Å². The Labute approximate surface area is 121 Å². The van der Waals surface area contributed by atoms with Gasteiger partial charge in [0.25, 0.3) is 0 Å². The van der Waals surface area contributed by atoms with Gasteiger partial charge in [0, 0.05) is 13.2 Å². The maximum atomic E-state index is 5.70. The Bertz CT molecular complexity index is 396. The van der Waals surface area contributed by atoms with Gasteiger partial charge in [0.1, 0.15) is 5.75 Å². The van der Waals surface area contributed by atoms with Gasteiger partial charge < -0.3 is 9.47 Å². The van der Waals surface area contributed by atoms with Gasteiger partial charge in [-0.2, -0.15) is 0 Å². The van der Waals surface area contributed by atoms with E-state index in [9.17, 15) is 0 Å². The lowest BCUT2D eigenvalue weighted by Gasteiger charge is -2.42. The third-order valence-corrected chi connectivity index (χ3v) is 4.49. The van der Waals surface area contributed by atoms with Crippen molar-refractivity contribution in [2.24, 2.45) is 5.84 Å². The number of ether oxygens (including phenoxy) is 2. The predicted molar refractivity (Wildman–Crippen MR) is 80.6 cm³/mol. The molecule has 1 saturated carbocycles. The van der Waals surface area contributed by atoms with Gasteiger partial charge in [-0.25, -0.2) is 0 Å². The Morgan fingerprint density at radius 2 is 1.95 bits per heavy atom. The summed E-state index contributed by atoms with van der Waals surface area (Å²) >= 11 is 0. The van der Waals surface area contributed by atoms with E-state index in [4.69, 9.17) is 15.3 Å². The highest BCUT2D eigenvalue weighted by atomic mass is 16.5. The molecule has 0 bridgehead atoms. The molecule has 4 nitrogen and oxygen atoms in total. The number of rotatable bonds is 8. The Balaban J connectivity index is 1.83. The van der Waals surface area contributed by atoms with Crippen LogP contribution in [0.15, 0.2) is 24.3 Å². The summed E-state index contributed by atoms with van der Waals surface area (Å²) in [5, 5.41) is 0. The highest BCUT2D eigenvalue weighted by molar-refractivity contribution is 5.27.